The van der Waals surface area contributed by atoms with E-state index < -0.39 is 18.3 Å². The van der Waals surface area contributed by atoms with Crippen molar-refractivity contribution in [3.05, 3.63) is 29.3 Å². The van der Waals surface area contributed by atoms with Crippen LogP contribution in [0.3, 0.4) is 0 Å². The molecular weight excluding hydrogens is 249 g/mol. The summed E-state index contributed by atoms with van der Waals surface area (Å²) >= 11 is 1.41. The zero-order valence-electron chi connectivity index (χ0n) is 9.55. The summed E-state index contributed by atoms with van der Waals surface area (Å²) < 4.78 is 38.1. The molecule has 0 saturated carbocycles. The van der Waals surface area contributed by atoms with Gasteiger partial charge in [-0.2, -0.15) is 13.2 Å². The summed E-state index contributed by atoms with van der Waals surface area (Å²) in [6, 6.07) is 4.09. The minimum atomic E-state index is -4.40. The molecule has 0 radical (unpaired) electrons. The monoisotopic (exact) mass is 264 g/mol. The van der Waals surface area contributed by atoms with E-state index in [2.05, 4.69) is 0 Å². The molecule has 0 atom stereocenters. The van der Waals surface area contributed by atoms with Crippen LogP contribution < -0.4 is 0 Å². The van der Waals surface area contributed by atoms with Crippen molar-refractivity contribution in [3.63, 3.8) is 0 Å². The molecule has 5 heteroatoms. The maximum Gasteiger partial charge on any atom is 0.416 e. The van der Waals surface area contributed by atoms with Crippen LogP contribution >= 0.6 is 11.8 Å². The molecule has 0 fully saturated rings. The quantitative estimate of drug-likeness (QED) is 0.638. The van der Waals surface area contributed by atoms with E-state index in [1.54, 1.807) is 6.07 Å². The topological polar surface area (TPSA) is 20.2 Å². The fourth-order valence-corrected chi connectivity index (χ4v) is 2.42. The lowest BCUT2D eigenvalue weighted by Crippen LogP contribution is -2.09. The van der Waals surface area contributed by atoms with Gasteiger partial charge in [0, 0.05) is 4.90 Å². The molecule has 0 unspecified atom stereocenters. The molecular formula is C12H15F3OS. The number of halogens is 3. The summed E-state index contributed by atoms with van der Waals surface area (Å²) in [6.07, 6.45) is -2.40. The average Bonchev–Trinajstić information content (AvgIpc) is 2.28. The molecule has 0 bridgehead atoms. The molecule has 0 aliphatic rings. The van der Waals surface area contributed by atoms with Crippen molar-refractivity contribution < 1.29 is 18.3 Å². The fourth-order valence-electron chi connectivity index (χ4n) is 1.38. The number of aliphatic hydroxyl groups excluding tert-OH is 1. The highest BCUT2D eigenvalue weighted by Crippen LogP contribution is 2.35. The molecule has 1 N–H and O–H groups in total. The highest BCUT2D eigenvalue weighted by molar-refractivity contribution is 7.99. The van der Waals surface area contributed by atoms with E-state index in [-0.39, 0.29) is 5.56 Å². The Hall–Kier alpha value is -0.680. The number of hydrogen-bond acceptors (Lipinski definition) is 2. The molecule has 0 heterocycles. The van der Waals surface area contributed by atoms with Crippen LogP contribution in [0.25, 0.3) is 0 Å². The van der Waals surface area contributed by atoms with Crippen LogP contribution in [0.2, 0.25) is 0 Å². The third-order valence-electron chi connectivity index (χ3n) is 2.32. The average molecular weight is 264 g/mol. The second kappa shape index (κ2) is 6.31. The highest BCUT2D eigenvalue weighted by Gasteiger charge is 2.33. The van der Waals surface area contributed by atoms with Gasteiger partial charge in [-0.05, 0) is 29.9 Å². The van der Waals surface area contributed by atoms with E-state index in [9.17, 15) is 13.2 Å². The zero-order valence-corrected chi connectivity index (χ0v) is 10.4. The van der Waals surface area contributed by atoms with Gasteiger partial charge in [0.2, 0.25) is 0 Å². The minimum Gasteiger partial charge on any atom is -0.392 e. The van der Waals surface area contributed by atoms with Crippen LogP contribution in [-0.2, 0) is 12.8 Å². The molecule has 17 heavy (non-hydrogen) atoms. The Balaban J connectivity index is 2.89. The van der Waals surface area contributed by atoms with Crippen molar-refractivity contribution >= 4 is 11.8 Å². The van der Waals surface area contributed by atoms with Crippen LogP contribution in [0.5, 0.6) is 0 Å². The summed E-state index contributed by atoms with van der Waals surface area (Å²) in [7, 11) is 0. The largest absolute Gasteiger partial charge is 0.416 e. The van der Waals surface area contributed by atoms with Crippen LogP contribution in [0.1, 0.15) is 30.9 Å². The molecule has 0 aromatic heterocycles. The van der Waals surface area contributed by atoms with Gasteiger partial charge in [-0.3, -0.25) is 0 Å². The van der Waals surface area contributed by atoms with E-state index >= 15 is 0 Å². The first-order chi connectivity index (χ1) is 7.99. The standard InChI is InChI=1S/C12H15F3OS/c1-2-3-6-17-10-5-4-9(8-16)11(7-10)12(13,14)15/h4-5,7,16H,2-3,6,8H2,1H3. The molecule has 0 saturated heterocycles. The van der Waals surface area contributed by atoms with Gasteiger partial charge in [-0.15, -0.1) is 11.8 Å². The lowest BCUT2D eigenvalue weighted by atomic mass is 10.1. The number of rotatable bonds is 5. The second-order valence-electron chi connectivity index (χ2n) is 3.68. The lowest BCUT2D eigenvalue weighted by Gasteiger charge is -2.12. The Morgan fingerprint density at radius 1 is 1.29 bits per heavy atom. The summed E-state index contributed by atoms with van der Waals surface area (Å²) in [6.45, 7) is 1.45. The SMILES string of the molecule is CCCCSc1ccc(CO)c(C(F)(F)F)c1. The zero-order chi connectivity index (χ0) is 12.9. The number of hydrogen-bond donors (Lipinski definition) is 1. The molecule has 0 aliphatic carbocycles. The number of aliphatic hydroxyl groups is 1. The Bertz CT molecular complexity index is 363. The number of thioether (sulfide) groups is 1. The van der Waals surface area contributed by atoms with E-state index in [1.807, 2.05) is 6.92 Å². The fraction of sp³-hybridized carbons (Fsp3) is 0.500. The van der Waals surface area contributed by atoms with Gasteiger partial charge in [0.1, 0.15) is 0 Å². The molecule has 1 nitrogen and oxygen atoms in total. The first-order valence-electron chi connectivity index (χ1n) is 5.42. The minimum absolute atomic E-state index is 0.0719. The van der Waals surface area contributed by atoms with Gasteiger partial charge in [0.25, 0.3) is 0 Å². The molecule has 1 rings (SSSR count). The van der Waals surface area contributed by atoms with Gasteiger partial charge < -0.3 is 5.11 Å². The highest BCUT2D eigenvalue weighted by atomic mass is 32.2. The van der Waals surface area contributed by atoms with Gasteiger partial charge in [0.15, 0.2) is 0 Å². The van der Waals surface area contributed by atoms with Gasteiger partial charge in [-0.25, -0.2) is 0 Å². The van der Waals surface area contributed by atoms with E-state index in [0.717, 1.165) is 24.7 Å². The molecule has 0 aliphatic heterocycles. The van der Waals surface area contributed by atoms with Crippen LogP contribution in [0, 0.1) is 0 Å². The van der Waals surface area contributed by atoms with Crippen molar-refractivity contribution in [1.82, 2.24) is 0 Å². The molecule has 1 aromatic carbocycles. The number of unbranched alkanes of at least 4 members (excludes halogenated alkanes) is 1. The predicted octanol–water partition coefficient (Wildman–Crippen LogP) is 4.09. The summed E-state index contributed by atoms with van der Waals surface area (Å²) in [4.78, 5) is 0.600. The van der Waals surface area contributed by atoms with Crippen molar-refractivity contribution in [2.45, 2.75) is 37.4 Å². The van der Waals surface area contributed by atoms with Crippen LogP contribution in [-0.4, -0.2) is 10.9 Å². The maximum absolute atomic E-state index is 12.7. The van der Waals surface area contributed by atoms with Crippen molar-refractivity contribution in [1.29, 1.82) is 0 Å². The molecule has 96 valence electrons. The smallest absolute Gasteiger partial charge is 0.392 e. The first-order valence-corrected chi connectivity index (χ1v) is 6.41. The lowest BCUT2D eigenvalue weighted by molar-refractivity contribution is -0.138. The van der Waals surface area contributed by atoms with Crippen molar-refractivity contribution in [2.75, 3.05) is 5.75 Å². The summed E-state index contributed by atoms with van der Waals surface area (Å²) in [5, 5.41) is 8.88. The van der Waals surface area contributed by atoms with E-state index in [0.29, 0.717) is 4.90 Å². The van der Waals surface area contributed by atoms with Crippen LogP contribution in [0.4, 0.5) is 13.2 Å². The van der Waals surface area contributed by atoms with Crippen molar-refractivity contribution in [3.8, 4) is 0 Å². The Morgan fingerprint density at radius 2 is 2.00 bits per heavy atom. The molecule has 0 spiro atoms. The third kappa shape index (κ3) is 4.24. The van der Waals surface area contributed by atoms with Gasteiger partial charge >= 0.3 is 6.18 Å². The van der Waals surface area contributed by atoms with E-state index in [4.69, 9.17) is 5.11 Å². The summed E-state index contributed by atoms with van der Waals surface area (Å²) in [5.41, 5.74) is -0.807. The summed E-state index contributed by atoms with van der Waals surface area (Å²) in [5.74, 6) is 0.812. The predicted molar refractivity (Wildman–Crippen MR) is 63.0 cm³/mol. The number of alkyl halides is 3. The van der Waals surface area contributed by atoms with Crippen molar-refractivity contribution in [2.24, 2.45) is 0 Å². The maximum atomic E-state index is 12.7. The van der Waals surface area contributed by atoms with Gasteiger partial charge in [-0.1, -0.05) is 19.4 Å². The Labute approximate surface area is 103 Å². The first kappa shape index (κ1) is 14.4. The Morgan fingerprint density at radius 3 is 2.53 bits per heavy atom. The normalized spacial score (nSPS) is 11.8. The number of benzene rings is 1. The van der Waals surface area contributed by atoms with Gasteiger partial charge in [0.05, 0.1) is 12.2 Å². The van der Waals surface area contributed by atoms with E-state index in [1.165, 1.54) is 17.8 Å². The molecule has 0 amide bonds. The molecule has 1 aromatic rings. The Kier molecular flexibility index (Phi) is 5.33. The van der Waals surface area contributed by atoms with Crippen LogP contribution in [0.15, 0.2) is 23.1 Å². The third-order valence-corrected chi connectivity index (χ3v) is 3.40. The second-order valence-corrected chi connectivity index (χ2v) is 4.85.